The third-order valence-electron chi connectivity index (χ3n) is 3.60. The lowest BCUT2D eigenvalue weighted by atomic mass is 10.2. The van der Waals surface area contributed by atoms with E-state index in [1.54, 1.807) is 7.11 Å². The highest BCUT2D eigenvalue weighted by atomic mass is 16.5. The minimum absolute atomic E-state index is 0.379. The second-order valence-corrected chi connectivity index (χ2v) is 5.23. The summed E-state index contributed by atoms with van der Waals surface area (Å²) in [5, 5.41) is 9.73. The van der Waals surface area contributed by atoms with Crippen molar-refractivity contribution in [1.82, 2.24) is 4.90 Å². The van der Waals surface area contributed by atoms with Crippen LogP contribution in [0.4, 0.5) is 5.69 Å². The predicted molar refractivity (Wildman–Crippen MR) is 77.7 cm³/mol. The Morgan fingerprint density at radius 1 is 1.16 bits per heavy atom. The van der Waals surface area contributed by atoms with Gasteiger partial charge in [0.05, 0.1) is 12.7 Å². The van der Waals surface area contributed by atoms with Crippen LogP contribution < -0.4 is 4.90 Å². The second kappa shape index (κ2) is 6.89. The minimum atomic E-state index is -0.379. The maximum Gasteiger partial charge on any atom is 0.0900 e. The Morgan fingerprint density at radius 2 is 1.79 bits per heavy atom. The summed E-state index contributed by atoms with van der Waals surface area (Å²) in [7, 11) is 1.62. The number of nitrogens with zero attached hydrogens (tertiary/aromatic N) is 2. The quantitative estimate of drug-likeness (QED) is 0.865. The maximum absolute atomic E-state index is 9.73. The normalized spacial score (nSPS) is 18.6. The van der Waals surface area contributed by atoms with E-state index in [1.807, 2.05) is 0 Å². The molecule has 0 bridgehead atoms. The molecule has 1 N–H and O–H groups in total. The van der Waals surface area contributed by atoms with E-state index < -0.39 is 0 Å². The average Bonchev–Trinajstić information content (AvgIpc) is 2.41. The summed E-state index contributed by atoms with van der Waals surface area (Å²) in [5.74, 6) is 0. The molecule has 19 heavy (non-hydrogen) atoms. The van der Waals surface area contributed by atoms with Gasteiger partial charge < -0.3 is 14.7 Å². The van der Waals surface area contributed by atoms with Gasteiger partial charge in [0.25, 0.3) is 0 Å². The van der Waals surface area contributed by atoms with Gasteiger partial charge in [0.1, 0.15) is 0 Å². The zero-order chi connectivity index (χ0) is 13.7. The number of aryl methyl sites for hydroxylation is 1. The molecule has 1 aromatic carbocycles. The highest BCUT2D eigenvalue weighted by Crippen LogP contribution is 2.17. The molecule has 1 aromatic rings. The van der Waals surface area contributed by atoms with Crippen LogP contribution >= 0.6 is 0 Å². The molecule has 4 nitrogen and oxygen atoms in total. The molecular weight excluding hydrogens is 240 g/mol. The van der Waals surface area contributed by atoms with Crippen LogP contribution in [-0.4, -0.2) is 62.6 Å². The van der Waals surface area contributed by atoms with Crippen molar-refractivity contribution < 1.29 is 9.84 Å². The van der Waals surface area contributed by atoms with Gasteiger partial charge in [-0.05, 0) is 19.1 Å². The molecule has 0 aliphatic carbocycles. The Morgan fingerprint density at radius 3 is 2.37 bits per heavy atom. The summed E-state index contributed by atoms with van der Waals surface area (Å²) < 4.78 is 4.96. The number of ether oxygens (including phenoxy) is 1. The highest BCUT2D eigenvalue weighted by Gasteiger charge is 2.19. The first kappa shape index (κ1) is 14.3. The molecule has 4 heteroatoms. The number of β-amino-alcohol motifs (C(OH)–C–C–N with tert-alkyl or cyclic N) is 1. The molecule has 0 spiro atoms. The van der Waals surface area contributed by atoms with Crippen LogP contribution in [-0.2, 0) is 4.74 Å². The maximum atomic E-state index is 9.73. The van der Waals surface area contributed by atoms with Gasteiger partial charge in [-0.1, -0.05) is 17.7 Å². The fourth-order valence-electron chi connectivity index (χ4n) is 2.49. The lowest BCUT2D eigenvalue weighted by Crippen LogP contribution is -2.49. The van der Waals surface area contributed by atoms with Gasteiger partial charge in [0.15, 0.2) is 0 Å². The number of piperazine rings is 1. The summed E-state index contributed by atoms with van der Waals surface area (Å²) in [6.45, 7) is 7.25. The fraction of sp³-hybridized carbons (Fsp3) is 0.600. The fourth-order valence-corrected chi connectivity index (χ4v) is 2.49. The number of hydrogen-bond acceptors (Lipinski definition) is 4. The van der Waals surface area contributed by atoms with E-state index in [2.05, 4.69) is 41.0 Å². The number of aliphatic hydroxyl groups excluding tert-OH is 1. The Kier molecular flexibility index (Phi) is 5.19. The van der Waals surface area contributed by atoms with Gasteiger partial charge in [0.2, 0.25) is 0 Å². The van der Waals surface area contributed by atoms with Crippen molar-refractivity contribution in [3.05, 3.63) is 29.8 Å². The number of rotatable bonds is 5. The van der Waals surface area contributed by atoms with E-state index in [4.69, 9.17) is 4.74 Å². The average molecular weight is 264 g/mol. The number of methoxy groups -OCH3 is 1. The molecule has 1 heterocycles. The van der Waals surface area contributed by atoms with E-state index in [0.29, 0.717) is 13.2 Å². The minimum Gasteiger partial charge on any atom is -0.389 e. The third kappa shape index (κ3) is 4.20. The molecule has 2 rings (SSSR count). The molecule has 1 aliphatic rings. The van der Waals surface area contributed by atoms with Crippen LogP contribution in [0.15, 0.2) is 24.3 Å². The topological polar surface area (TPSA) is 35.9 Å². The Hall–Kier alpha value is -1.10. The number of aliphatic hydroxyl groups is 1. The van der Waals surface area contributed by atoms with Crippen molar-refractivity contribution in [3.63, 3.8) is 0 Å². The lowest BCUT2D eigenvalue weighted by Gasteiger charge is -2.36. The zero-order valence-electron chi connectivity index (χ0n) is 11.9. The smallest absolute Gasteiger partial charge is 0.0900 e. The highest BCUT2D eigenvalue weighted by molar-refractivity contribution is 5.47. The Balaban J connectivity index is 1.80. The van der Waals surface area contributed by atoms with E-state index in [1.165, 1.54) is 11.3 Å². The van der Waals surface area contributed by atoms with Crippen molar-refractivity contribution >= 4 is 5.69 Å². The molecule has 1 aliphatic heterocycles. The predicted octanol–water partition coefficient (Wildman–Crippen LogP) is 1.12. The third-order valence-corrected chi connectivity index (χ3v) is 3.60. The SMILES string of the molecule is COC[C@@H](O)CN1CCN(c2ccc(C)cc2)CC1. The Bertz CT molecular complexity index is 372. The summed E-state index contributed by atoms with van der Waals surface area (Å²) in [6, 6.07) is 8.68. The summed E-state index contributed by atoms with van der Waals surface area (Å²) in [4.78, 5) is 4.70. The standard InChI is InChI=1S/C15H24N2O2/c1-13-3-5-14(6-4-13)17-9-7-16(8-10-17)11-15(18)12-19-2/h3-6,15,18H,7-12H2,1-2H3/t15-/m0/s1. The first-order valence-corrected chi connectivity index (χ1v) is 6.90. The van der Waals surface area contributed by atoms with Gasteiger partial charge in [-0.25, -0.2) is 0 Å². The van der Waals surface area contributed by atoms with E-state index in [0.717, 1.165) is 26.2 Å². The van der Waals surface area contributed by atoms with Crippen molar-refractivity contribution in [3.8, 4) is 0 Å². The van der Waals surface area contributed by atoms with Crippen LogP contribution in [0.3, 0.4) is 0 Å². The number of benzene rings is 1. The van der Waals surface area contributed by atoms with E-state index in [-0.39, 0.29) is 6.10 Å². The summed E-state index contributed by atoms with van der Waals surface area (Å²) >= 11 is 0. The van der Waals surface area contributed by atoms with Gasteiger partial charge in [-0.15, -0.1) is 0 Å². The molecule has 0 aromatic heterocycles. The van der Waals surface area contributed by atoms with Crippen LogP contribution in [0.5, 0.6) is 0 Å². The molecule has 106 valence electrons. The lowest BCUT2D eigenvalue weighted by molar-refractivity contribution is 0.0365. The van der Waals surface area contributed by atoms with Crippen molar-refractivity contribution in [2.24, 2.45) is 0 Å². The van der Waals surface area contributed by atoms with Crippen LogP contribution in [0.2, 0.25) is 0 Å². The monoisotopic (exact) mass is 264 g/mol. The summed E-state index contributed by atoms with van der Waals surface area (Å²) in [6.07, 6.45) is -0.379. The molecule has 0 saturated carbocycles. The van der Waals surface area contributed by atoms with Gasteiger partial charge in [-0.2, -0.15) is 0 Å². The molecule has 0 radical (unpaired) electrons. The Labute approximate surface area is 115 Å². The number of hydrogen-bond donors (Lipinski definition) is 1. The zero-order valence-corrected chi connectivity index (χ0v) is 11.9. The van der Waals surface area contributed by atoms with Crippen LogP contribution in [0.25, 0.3) is 0 Å². The van der Waals surface area contributed by atoms with Gasteiger partial charge in [-0.3, -0.25) is 4.90 Å². The molecule has 0 amide bonds. The first-order valence-electron chi connectivity index (χ1n) is 6.90. The largest absolute Gasteiger partial charge is 0.389 e. The van der Waals surface area contributed by atoms with Crippen LogP contribution in [0.1, 0.15) is 5.56 Å². The molecule has 1 atom stereocenters. The second-order valence-electron chi connectivity index (χ2n) is 5.23. The van der Waals surface area contributed by atoms with Gasteiger partial charge in [0, 0.05) is 45.5 Å². The molecular formula is C15H24N2O2. The first-order chi connectivity index (χ1) is 9.19. The van der Waals surface area contributed by atoms with E-state index >= 15 is 0 Å². The molecule has 1 fully saturated rings. The molecule has 0 unspecified atom stereocenters. The number of anilines is 1. The van der Waals surface area contributed by atoms with E-state index in [9.17, 15) is 5.11 Å². The van der Waals surface area contributed by atoms with Crippen molar-refractivity contribution in [2.75, 3.05) is 51.3 Å². The summed E-state index contributed by atoms with van der Waals surface area (Å²) in [5.41, 5.74) is 2.59. The van der Waals surface area contributed by atoms with Gasteiger partial charge >= 0.3 is 0 Å². The van der Waals surface area contributed by atoms with Crippen molar-refractivity contribution in [2.45, 2.75) is 13.0 Å². The van der Waals surface area contributed by atoms with Crippen molar-refractivity contribution in [1.29, 1.82) is 0 Å². The molecule has 1 saturated heterocycles. The van der Waals surface area contributed by atoms with Crippen LogP contribution in [0, 0.1) is 6.92 Å².